The minimum Gasteiger partial charge on any atom is -0.383 e. The Morgan fingerprint density at radius 2 is 2.00 bits per heavy atom. The number of nitrogens with two attached hydrogens (primary N) is 1. The van der Waals surface area contributed by atoms with E-state index >= 15 is 0 Å². The van der Waals surface area contributed by atoms with Gasteiger partial charge in [-0.05, 0) is 19.3 Å². The van der Waals surface area contributed by atoms with Crippen LogP contribution in [-0.4, -0.2) is 48.0 Å². The standard InChI is InChI=1S/C20H30N4O2S/c1-4-5-12-17-22-18-19(24(17)13-8-9-14-27(3,25)26)15-10-6-7-11-16(15)23(2)20(18)21/h6-7,10-11,16H,4-5,8-9,12-14,21H2,1-3H3. The van der Waals surface area contributed by atoms with Crippen LogP contribution >= 0.6 is 0 Å². The van der Waals surface area contributed by atoms with Crippen LogP contribution in [0.25, 0.3) is 11.4 Å². The fourth-order valence-corrected chi connectivity index (χ4v) is 4.50. The summed E-state index contributed by atoms with van der Waals surface area (Å²) in [5, 5.41) is 1.96. The van der Waals surface area contributed by atoms with Crippen LogP contribution in [-0.2, 0) is 22.8 Å². The van der Waals surface area contributed by atoms with Crippen LogP contribution in [0.1, 0.15) is 38.4 Å². The molecule has 2 aliphatic rings. The third-order valence-electron chi connectivity index (χ3n) is 5.26. The Labute approximate surface area is 161 Å². The number of nitrogens with zero attached hydrogens (tertiary/aromatic N) is 3. The predicted octanol–water partition coefficient (Wildman–Crippen LogP) is 0.666. The first kappa shape index (κ1) is 19.7. The highest BCUT2D eigenvalue weighted by atomic mass is 32.2. The maximum Gasteiger partial charge on any atom is 0.147 e. The normalized spacial score (nSPS) is 18.8. The lowest BCUT2D eigenvalue weighted by atomic mass is 9.98. The lowest BCUT2D eigenvalue weighted by Crippen LogP contribution is -2.50. The van der Waals surface area contributed by atoms with Crippen molar-refractivity contribution in [2.24, 2.45) is 5.73 Å². The smallest absolute Gasteiger partial charge is 0.147 e. The van der Waals surface area contributed by atoms with E-state index in [0.29, 0.717) is 12.2 Å². The number of hydrogen-bond donors (Lipinski definition) is 1. The molecule has 1 unspecified atom stereocenters. The van der Waals surface area contributed by atoms with E-state index < -0.39 is 9.84 Å². The summed E-state index contributed by atoms with van der Waals surface area (Å²) in [5.41, 5.74) is 7.65. The molecule has 0 bridgehead atoms. The number of aryl methyl sites for hydroxylation is 1. The summed E-state index contributed by atoms with van der Waals surface area (Å²) in [6.07, 6.45) is 14.2. The minimum atomic E-state index is -2.92. The van der Waals surface area contributed by atoms with Crippen molar-refractivity contribution in [2.45, 2.75) is 51.6 Å². The zero-order valence-corrected chi connectivity index (χ0v) is 17.3. The molecule has 3 rings (SSSR count). The summed E-state index contributed by atoms with van der Waals surface area (Å²) in [6.45, 7) is 2.94. The van der Waals surface area contributed by atoms with Gasteiger partial charge in [-0.15, -0.1) is 0 Å². The van der Waals surface area contributed by atoms with E-state index in [9.17, 15) is 8.42 Å². The van der Waals surface area contributed by atoms with Crippen LogP contribution in [0.3, 0.4) is 0 Å². The highest BCUT2D eigenvalue weighted by Crippen LogP contribution is 2.21. The van der Waals surface area contributed by atoms with Gasteiger partial charge in [0.1, 0.15) is 26.8 Å². The van der Waals surface area contributed by atoms with E-state index in [-0.39, 0.29) is 11.8 Å². The first-order chi connectivity index (χ1) is 12.8. The van der Waals surface area contributed by atoms with Gasteiger partial charge in [-0.25, -0.2) is 13.4 Å². The third-order valence-corrected chi connectivity index (χ3v) is 6.29. The van der Waals surface area contributed by atoms with Crippen LogP contribution < -0.4 is 16.4 Å². The van der Waals surface area contributed by atoms with Crippen molar-refractivity contribution in [3.05, 3.63) is 40.8 Å². The van der Waals surface area contributed by atoms with Crippen molar-refractivity contribution < 1.29 is 8.42 Å². The summed E-state index contributed by atoms with van der Waals surface area (Å²) in [6, 6.07) is 0.119. The van der Waals surface area contributed by atoms with E-state index in [1.807, 2.05) is 13.1 Å². The molecule has 0 amide bonds. The van der Waals surface area contributed by atoms with E-state index in [0.717, 1.165) is 48.8 Å². The maximum absolute atomic E-state index is 11.4. The minimum absolute atomic E-state index is 0.119. The summed E-state index contributed by atoms with van der Waals surface area (Å²) < 4.78 is 25.1. The molecular weight excluding hydrogens is 360 g/mol. The lowest BCUT2D eigenvalue weighted by molar-refractivity contribution is 0.448. The fourth-order valence-electron chi connectivity index (χ4n) is 3.78. The van der Waals surface area contributed by atoms with Gasteiger partial charge in [0.15, 0.2) is 0 Å². The van der Waals surface area contributed by atoms with Gasteiger partial charge in [0.05, 0.1) is 11.4 Å². The number of aromatic nitrogens is 2. The second-order valence-electron chi connectivity index (χ2n) is 7.46. The molecule has 148 valence electrons. The highest BCUT2D eigenvalue weighted by Gasteiger charge is 2.27. The van der Waals surface area contributed by atoms with Gasteiger partial charge in [-0.2, -0.15) is 0 Å². The van der Waals surface area contributed by atoms with E-state index in [2.05, 4.69) is 34.6 Å². The van der Waals surface area contributed by atoms with Gasteiger partial charge in [-0.3, -0.25) is 0 Å². The molecule has 7 heteroatoms. The molecule has 6 nitrogen and oxygen atoms in total. The van der Waals surface area contributed by atoms with Crippen molar-refractivity contribution in [2.75, 3.05) is 19.1 Å². The van der Waals surface area contributed by atoms with Crippen molar-refractivity contribution >= 4 is 21.2 Å². The van der Waals surface area contributed by atoms with Gasteiger partial charge in [0, 0.05) is 37.6 Å². The Balaban J connectivity index is 2.05. The van der Waals surface area contributed by atoms with Gasteiger partial charge in [-0.1, -0.05) is 37.6 Å². The fraction of sp³-hybridized carbons (Fsp3) is 0.550. The summed E-state index contributed by atoms with van der Waals surface area (Å²) in [4.78, 5) is 6.97. The number of rotatable bonds is 8. The molecule has 0 saturated carbocycles. The van der Waals surface area contributed by atoms with E-state index in [1.165, 1.54) is 11.8 Å². The Hall–Kier alpha value is -2.02. The molecule has 1 aromatic rings. The predicted molar refractivity (Wildman–Crippen MR) is 110 cm³/mol. The molecule has 1 aliphatic carbocycles. The molecule has 2 N–H and O–H groups in total. The van der Waals surface area contributed by atoms with Gasteiger partial charge in [0.2, 0.25) is 0 Å². The Morgan fingerprint density at radius 1 is 1.22 bits per heavy atom. The van der Waals surface area contributed by atoms with Crippen molar-refractivity contribution in [1.29, 1.82) is 0 Å². The Bertz CT molecular complexity index is 986. The van der Waals surface area contributed by atoms with E-state index in [1.54, 1.807) is 0 Å². The zero-order chi connectivity index (χ0) is 19.6. The second kappa shape index (κ2) is 7.92. The number of hydrogen-bond acceptors (Lipinski definition) is 5. The number of sulfone groups is 1. The summed E-state index contributed by atoms with van der Waals surface area (Å²) in [5.74, 6) is 1.98. The average Bonchev–Trinajstić information content (AvgIpc) is 2.99. The van der Waals surface area contributed by atoms with Crippen molar-refractivity contribution in [1.82, 2.24) is 14.5 Å². The van der Waals surface area contributed by atoms with Crippen molar-refractivity contribution in [3.63, 3.8) is 0 Å². The van der Waals surface area contributed by atoms with Crippen LogP contribution in [0.5, 0.6) is 0 Å². The first-order valence-electron chi connectivity index (χ1n) is 9.68. The number of likely N-dealkylation sites (N-methyl/N-ethyl adjacent to an activating group) is 1. The molecular formula is C20H30N4O2S. The third kappa shape index (κ3) is 4.13. The van der Waals surface area contributed by atoms with E-state index in [4.69, 9.17) is 10.7 Å². The Morgan fingerprint density at radius 3 is 2.70 bits per heavy atom. The number of allylic oxidation sites excluding steroid dienone is 2. The summed E-state index contributed by atoms with van der Waals surface area (Å²) in [7, 11) is -0.920. The monoisotopic (exact) mass is 390 g/mol. The molecule has 0 aromatic carbocycles. The second-order valence-corrected chi connectivity index (χ2v) is 9.72. The van der Waals surface area contributed by atoms with Crippen LogP contribution in [0.2, 0.25) is 0 Å². The summed E-state index contributed by atoms with van der Waals surface area (Å²) >= 11 is 0. The molecule has 0 radical (unpaired) electrons. The molecule has 2 heterocycles. The lowest BCUT2D eigenvalue weighted by Gasteiger charge is -2.32. The quantitative estimate of drug-likeness (QED) is 0.660. The number of fused-ring (bicyclic) bond motifs is 2. The molecule has 27 heavy (non-hydrogen) atoms. The van der Waals surface area contributed by atoms with Gasteiger partial charge >= 0.3 is 0 Å². The van der Waals surface area contributed by atoms with Crippen molar-refractivity contribution in [3.8, 4) is 0 Å². The molecule has 1 atom stereocenters. The maximum atomic E-state index is 11.4. The topological polar surface area (TPSA) is 81.2 Å². The Kier molecular flexibility index (Phi) is 5.79. The molecule has 1 aliphatic heterocycles. The number of unbranched alkanes of at least 4 members (excludes halogenated alkanes) is 2. The van der Waals surface area contributed by atoms with Crippen LogP contribution in [0.4, 0.5) is 0 Å². The average molecular weight is 391 g/mol. The molecule has 0 spiro atoms. The van der Waals surface area contributed by atoms with Gasteiger partial charge < -0.3 is 15.2 Å². The van der Waals surface area contributed by atoms with Crippen LogP contribution in [0, 0.1) is 0 Å². The number of imidazole rings is 1. The highest BCUT2D eigenvalue weighted by molar-refractivity contribution is 7.90. The zero-order valence-electron chi connectivity index (χ0n) is 16.5. The molecule has 0 saturated heterocycles. The SMILES string of the molecule is CCCCc1nc2c(n1CCCCS(C)(=O)=O)=C1C=CC=CC1N(C)C=2N. The van der Waals surface area contributed by atoms with Crippen LogP contribution in [0.15, 0.2) is 24.3 Å². The largest absolute Gasteiger partial charge is 0.383 e. The van der Waals surface area contributed by atoms with Gasteiger partial charge in [0.25, 0.3) is 0 Å². The molecule has 1 aromatic heterocycles. The molecule has 0 fully saturated rings. The first-order valence-corrected chi connectivity index (χ1v) is 11.7.